The molecule has 5 nitrogen and oxygen atoms in total. The number of nitrogens with one attached hydrogen (secondary N) is 1. The molecule has 2 aromatic heterocycles. The van der Waals surface area contributed by atoms with Gasteiger partial charge in [0.1, 0.15) is 34.7 Å². The van der Waals surface area contributed by atoms with Gasteiger partial charge in [-0.3, -0.25) is 0 Å². The Morgan fingerprint density at radius 2 is 1.72 bits per heavy atom. The van der Waals surface area contributed by atoms with Crippen LogP contribution in [0.5, 0.6) is 0 Å². The highest BCUT2D eigenvalue weighted by molar-refractivity contribution is 6.33. The molecule has 0 fully saturated rings. The second kappa shape index (κ2) is 6.51. The Morgan fingerprint density at radius 1 is 1.08 bits per heavy atom. The van der Waals surface area contributed by atoms with Gasteiger partial charge in [0.2, 0.25) is 0 Å². The SMILES string of the molecule is CC(C)[C@@H](C)Nc1c(-c2c(F)cc(F)cc2F)c(Cl)nc2ncnn12. The average molecular weight is 370 g/mol. The Labute approximate surface area is 146 Å². The van der Waals surface area contributed by atoms with Crippen molar-refractivity contribution in [2.45, 2.75) is 26.8 Å². The van der Waals surface area contributed by atoms with Crippen LogP contribution in [0.3, 0.4) is 0 Å². The van der Waals surface area contributed by atoms with Crippen LogP contribution in [0.15, 0.2) is 18.5 Å². The monoisotopic (exact) mass is 369 g/mol. The van der Waals surface area contributed by atoms with Crippen LogP contribution in [0.25, 0.3) is 16.9 Å². The van der Waals surface area contributed by atoms with E-state index in [-0.39, 0.29) is 34.3 Å². The highest BCUT2D eigenvalue weighted by Crippen LogP contribution is 2.38. The Hall–Kier alpha value is -2.35. The van der Waals surface area contributed by atoms with E-state index in [1.807, 2.05) is 20.8 Å². The summed E-state index contributed by atoms with van der Waals surface area (Å²) in [5, 5.41) is 7.03. The lowest BCUT2D eigenvalue weighted by Crippen LogP contribution is -2.24. The van der Waals surface area contributed by atoms with Crippen molar-refractivity contribution in [1.29, 1.82) is 0 Å². The van der Waals surface area contributed by atoms with Gasteiger partial charge in [-0.15, -0.1) is 0 Å². The molecule has 2 heterocycles. The summed E-state index contributed by atoms with van der Waals surface area (Å²) in [5.41, 5.74) is -0.517. The molecule has 132 valence electrons. The number of hydrogen-bond donors (Lipinski definition) is 1. The molecule has 25 heavy (non-hydrogen) atoms. The predicted molar refractivity (Wildman–Crippen MR) is 89.0 cm³/mol. The third-order valence-corrected chi connectivity index (χ3v) is 4.28. The van der Waals surface area contributed by atoms with E-state index in [4.69, 9.17) is 11.6 Å². The van der Waals surface area contributed by atoms with Crippen LogP contribution in [-0.2, 0) is 0 Å². The summed E-state index contributed by atoms with van der Waals surface area (Å²) in [6, 6.07) is 1.11. The maximum absolute atomic E-state index is 14.3. The van der Waals surface area contributed by atoms with Gasteiger partial charge in [0, 0.05) is 18.2 Å². The van der Waals surface area contributed by atoms with Gasteiger partial charge in [-0.05, 0) is 12.8 Å². The van der Waals surface area contributed by atoms with E-state index in [0.717, 1.165) is 0 Å². The Bertz CT molecular complexity index is 918. The summed E-state index contributed by atoms with van der Waals surface area (Å²) in [6.45, 7) is 5.87. The van der Waals surface area contributed by atoms with E-state index in [0.29, 0.717) is 12.1 Å². The molecule has 0 aliphatic carbocycles. The fourth-order valence-corrected chi connectivity index (χ4v) is 2.59. The van der Waals surface area contributed by atoms with Gasteiger partial charge in [0.15, 0.2) is 0 Å². The lowest BCUT2D eigenvalue weighted by molar-refractivity contribution is 0.546. The number of halogens is 4. The Balaban J connectivity index is 2.32. The van der Waals surface area contributed by atoms with Crippen molar-refractivity contribution in [2.75, 3.05) is 5.32 Å². The Kier molecular flexibility index (Phi) is 4.55. The minimum Gasteiger partial charge on any atom is -0.367 e. The molecule has 0 radical (unpaired) electrons. The number of hydrogen-bond acceptors (Lipinski definition) is 4. The van der Waals surface area contributed by atoms with Crippen LogP contribution < -0.4 is 5.32 Å². The van der Waals surface area contributed by atoms with Crippen LogP contribution >= 0.6 is 11.6 Å². The van der Waals surface area contributed by atoms with E-state index < -0.39 is 23.0 Å². The van der Waals surface area contributed by atoms with Crippen molar-refractivity contribution in [3.63, 3.8) is 0 Å². The summed E-state index contributed by atoms with van der Waals surface area (Å²) in [5.74, 6) is -2.56. The van der Waals surface area contributed by atoms with E-state index in [1.165, 1.54) is 10.8 Å². The van der Waals surface area contributed by atoms with Crippen LogP contribution in [0.1, 0.15) is 20.8 Å². The molecule has 0 spiro atoms. The van der Waals surface area contributed by atoms with Gasteiger partial charge in [0.05, 0.1) is 11.1 Å². The standard InChI is InChI=1S/C16H15ClF3N5/c1-7(2)8(3)23-15-13(12-10(19)4-9(18)5-11(12)20)14(17)24-16-21-6-22-25(15)16/h4-8,23H,1-3H3/t8-/m1/s1. The normalized spacial score (nSPS) is 12.8. The van der Waals surface area contributed by atoms with E-state index >= 15 is 0 Å². The number of benzene rings is 1. The van der Waals surface area contributed by atoms with E-state index in [9.17, 15) is 13.2 Å². The minimum atomic E-state index is -1.08. The van der Waals surface area contributed by atoms with Gasteiger partial charge in [-0.2, -0.15) is 19.6 Å². The third-order valence-electron chi connectivity index (χ3n) is 4.00. The third kappa shape index (κ3) is 3.13. The van der Waals surface area contributed by atoms with E-state index in [1.54, 1.807) is 0 Å². The zero-order chi connectivity index (χ0) is 18.3. The minimum absolute atomic E-state index is 0.0397. The lowest BCUT2D eigenvalue weighted by atomic mass is 10.0. The molecular weight excluding hydrogens is 355 g/mol. The molecule has 0 unspecified atom stereocenters. The van der Waals surface area contributed by atoms with Gasteiger partial charge in [0.25, 0.3) is 5.78 Å². The largest absolute Gasteiger partial charge is 0.367 e. The summed E-state index contributed by atoms with van der Waals surface area (Å²) in [4.78, 5) is 7.97. The molecule has 0 aliphatic heterocycles. The first-order valence-corrected chi connectivity index (χ1v) is 7.98. The van der Waals surface area contributed by atoms with Gasteiger partial charge in [-0.25, -0.2) is 13.2 Å². The quantitative estimate of drug-likeness (QED) is 0.696. The summed E-state index contributed by atoms with van der Waals surface area (Å²) >= 11 is 6.19. The van der Waals surface area contributed by atoms with Crippen molar-refractivity contribution in [1.82, 2.24) is 19.6 Å². The zero-order valence-corrected chi connectivity index (χ0v) is 14.4. The predicted octanol–water partition coefficient (Wildman–Crippen LogP) is 4.32. The first-order valence-electron chi connectivity index (χ1n) is 7.60. The molecule has 3 aromatic rings. The summed E-state index contributed by atoms with van der Waals surface area (Å²) in [6.07, 6.45) is 1.25. The number of rotatable bonds is 4. The van der Waals surface area contributed by atoms with Gasteiger partial charge in [-0.1, -0.05) is 25.4 Å². The highest BCUT2D eigenvalue weighted by atomic mass is 35.5. The number of aromatic nitrogens is 4. The van der Waals surface area contributed by atoms with Gasteiger partial charge >= 0.3 is 0 Å². The number of fused-ring (bicyclic) bond motifs is 1. The fraction of sp³-hybridized carbons (Fsp3) is 0.312. The topological polar surface area (TPSA) is 55.1 Å². The molecule has 3 rings (SSSR count). The highest BCUT2D eigenvalue weighted by Gasteiger charge is 2.25. The molecule has 0 saturated carbocycles. The smallest absolute Gasteiger partial charge is 0.255 e. The Morgan fingerprint density at radius 3 is 2.32 bits per heavy atom. The molecule has 0 amide bonds. The van der Waals surface area contributed by atoms with Crippen molar-refractivity contribution in [2.24, 2.45) is 5.92 Å². The molecule has 9 heteroatoms. The number of anilines is 1. The molecule has 1 aromatic carbocycles. The molecule has 1 N–H and O–H groups in total. The summed E-state index contributed by atoms with van der Waals surface area (Å²) in [7, 11) is 0. The van der Waals surface area contributed by atoms with Crippen LogP contribution in [0, 0.1) is 23.4 Å². The zero-order valence-electron chi connectivity index (χ0n) is 13.7. The van der Waals surface area contributed by atoms with E-state index in [2.05, 4.69) is 20.4 Å². The molecular formula is C16H15ClF3N5. The molecule has 1 atom stereocenters. The maximum atomic E-state index is 14.3. The second-order valence-corrected chi connectivity index (χ2v) is 6.38. The van der Waals surface area contributed by atoms with Crippen LogP contribution in [0.4, 0.5) is 19.0 Å². The first-order chi connectivity index (χ1) is 11.8. The maximum Gasteiger partial charge on any atom is 0.255 e. The van der Waals surface area contributed by atoms with Crippen molar-refractivity contribution in [3.8, 4) is 11.1 Å². The molecule has 0 aliphatic rings. The summed E-state index contributed by atoms with van der Waals surface area (Å²) < 4.78 is 43.3. The van der Waals surface area contributed by atoms with Crippen molar-refractivity contribution < 1.29 is 13.2 Å². The van der Waals surface area contributed by atoms with Crippen molar-refractivity contribution >= 4 is 23.2 Å². The lowest BCUT2D eigenvalue weighted by Gasteiger charge is -2.22. The van der Waals surface area contributed by atoms with Crippen LogP contribution in [0.2, 0.25) is 5.15 Å². The first kappa shape index (κ1) is 17.5. The number of nitrogens with zero attached hydrogens (tertiary/aromatic N) is 4. The molecule has 0 bridgehead atoms. The molecule has 0 saturated heterocycles. The average Bonchev–Trinajstić information content (AvgIpc) is 2.96. The van der Waals surface area contributed by atoms with Crippen LogP contribution in [-0.4, -0.2) is 25.6 Å². The fourth-order valence-electron chi connectivity index (χ4n) is 2.33. The van der Waals surface area contributed by atoms with Crippen molar-refractivity contribution in [3.05, 3.63) is 41.1 Å². The van der Waals surface area contributed by atoms with Gasteiger partial charge < -0.3 is 5.32 Å². The second-order valence-electron chi connectivity index (χ2n) is 6.02.